The molecule has 0 spiro atoms. The molecule has 1 aliphatic heterocycles. The van der Waals surface area contributed by atoms with Crippen LogP contribution in [0.1, 0.15) is 52.2 Å². The molecule has 138 valence electrons. The van der Waals surface area contributed by atoms with Crippen molar-refractivity contribution in [2.75, 3.05) is 19.0 Å². The van der Waals surface area contributed by atoms with Crippen LogP contribution in [-0.4, -0.2) is 42.2 Å². The van der Waals surface area contributed by atoms with Crippen molar-refractivity contribution in [3.8, 4) is 0 Å². The van der Waals surface area contributed by atoms with Gasteiger partial charge in [-0.15, -0.1) is 0 Å². The summed E-state index contributed by atoms with van der Waals surface area (Å²) in [5.74, 6) is -0.189. The second-order valence-electron chi connectivity index (χ2n) is 7.32. The summed E-state index contributed by atoms with van der Waals surface area (Å²) in [6.07, 6.45) is 0.936. The number of methoxy groups -OCH3 is 1. The fraction of sp³-hybridized carbons (Fsp3) is 0.579. The quantitative estimate of drug-likeness (QED) is 0.900. The second-order valence-corrected chi connectivity index (χ2v) is 7.32. The molecule has 1 saturated heterocycles. The lowest BCUT2D eigenvalue weighted by Gasteiger charge is -2.28. The van der Waals surface area contributed by atoms with Gasteiger partial charge in [0, 0.05) is 19.3 Å². The van der Waals surface area contributed by atoms with Crippen LogP contribution in [-0.2, 0) is 14.3 Å². The van der Waals surface area contributed by atoms with Crippen molar-refractivity contribution in [1.29, 1.82) is 0 Å². The first kappa shape index (κ1) is 19.2. The molecule has 1 aromatic rings. The van der Waals surface area contributed by atoms with Crippen LogP contribution in [0.2, 0.25) is 0 Å². The lowest BCUT2D eigenvalue weighted by atomic mass is 10.1. The number of nitrogens with one attached hydrogen (secondary N) is 1. The molecule has 0 aromatic heterocycles. The average Bonchev–Trinajstić information content (AvgIpc) is 3.02. The van der Waals surface area contributed by atoms with E-state index in [2.05, 4.69) is 5.32 Å². The Morgan fingerprint density at radius 2 is 2.04 bits per heavy atom. The number of ether oxygens (including phenoxy) is 2. The minimum absolute atomic E-state index is 0.0541. The minimum atomic E-state index is -0.578. The fourth-order valence-corrected chi connectivity index (χ4v) is 2.81. The topological polar surface area (TPSA) is 67.9 Å². The van der Waals surface area contributed by atoms with Crippen LogP contribution < -0.4 is 5.32 Å². The number of nitrogens with zero attached hydrogens (tertiary/aromatic N) is 1. The Balaban J connectivity index is 2.06. The molecule has 1 fully saturated rings. The van der Waals surface area contributed by atoms with E-state index in [0.29, 0.717) is 18.7 Å². The maximum Gasteiger partial charge on any atom is 0.410 e. The number of anilines is 1. The summed E-state index contributed by atoms with van der Waals surface area (Å²) in [5.41, 5.74) is 1.10. The van der Waals surface area contributed by atoms with E-state index in [-0.39, 0.29) is 12.0 Å². The molecular formula is C19H28N2O4. The molecule has 2 atom stereocenters. The van der Waals surface area contributed by atoms with Crippen molar-refractivity contribution in [2.45, 2.75) is 58.3 Å². The molecule has 2 amide bonds. The highest BCUT2D eigenvalue weighted by atomic mass is 16.6. The van der Waals surface area contributed by atoms with Gasteiger partial charge in [-0.1, -0.05) is 12.1 Å². The van der Waals surface area contributed by atoms with Gasteiger partial charge in [-0.05, 0) is 58.2 Å². The predicted octanol–water partition coefficient (Wildman–Crippen LogP) is 3.73. The molecule has 0 bridgehead atoms. The molecule has 6 nitrogen and oxygen atoms in total. The van der Waals surface area contributed by atoms with E-state index in [1.807, 2.05) is 52.0 Å². The molecule has 6 heteroatoms. The van der Waals surface area contributed by atoms with Crippen LogP contribution in [0.3, 0.4) is 0 Å². The number of carbonyl (C=O) groups excluding carboxylic acids is 2. The van der Waals surface area contributed by atoms with Crippen LogP contribution in [0.4, 0.5) is 10.5 Å². The van der Waals surface area contributed by atoms with E-state index in [1.54, 1.807) is 7.11 Å². The summed E-state index contributed by atoms with van der Waals surface area (Å²) in [5, 5.41) is 2.91. The van der Waals surface area contributed by atoms with Gasteiger partial charge >= 0.3 is 6.09 Å². The zero-order valence-corrected chi connectivity index (χ0v) is 15.7. The van der Waals surface area contributed by atoms with Gasteiger partial charge in [0.15, 0.2) is 0 Å². The minimum Gasteiger partial charge on any atom is -0.444 e. The third kappa shape index (κ3) is 5.19. The third-order valence-electron chi connectivity index (χ3n) is 4.16. The molecule has 0 saturated carbocycles. The molecule has 1 aromatic carbocycles. The number of hydrogen-bond acceptors (Lipinski definition) is 4. The number of hydrogen-bond donors (Lipinski definition) is 1. The zero-order valence-electron chi connectivity index (χ0n) is 15.7. The first-order valence-corrected chi connectivity index (χ1v) is 8.64. The summed E-state index contributed by atoms with van der Waals surface area (Å²) >= 11 is 0. The largest absolute Gasteiger partial charge is 0.444 e. The van der Waals surface area contributed by atoms with Crippen molar-refractivity contribution >= 4 is 17.7 Å². The normalized spacial score (nSPS) is 18.8. The summed E-state index contributed by atoms with van der Waals surface area (Å²) in [6, 6.07) is 7.04. The summed E-state index contributed by atoms with van der Waals surface area (Å²) in [7, 11) is 1.65. The lowest BCUT2D eigenvalue weighted by Crippen LogP contribution is -2.45. The molecule has 2 rings (SSSR count). The number of carbonyl (C=O) groups is 2. The molecule has 1 N–H and O–H groups in total. The summed E-state index contributed by atoms with van der Waals surface area (Å²) in [6.45, 7) is 7.94. The smallest absolute Gasteiger partial charge is 0.410 e. The van der Waals surface area contributed by atoms with E-state index in [4.69, 9.17) is 9.47 Å². The number of likely N-dealkylation sites (tertiary alicyclic amines) is 1. The van der Waals surface area contributed by atoms with Crippen molar-refractivity contribution in [2.24, 2.45) is 0 Å². The summed E-state index contributed by atoms with van der Waals surface area (Å²) < 4.78 is 10.7. The van der Waals surface area contributed by atoms with Gasteiger partial charge in [-0.3, -0.25) is 9.69 Å². The van der Waals surface area contributed by atoms with Crippen LogP contribution in [0, 0.1) is 0 Å². The third-order valence-corrected chi connectivity index (χ3v) is 4.16. The second kappa shape index (κ2) is 7.87. The maximum absolute atomic E-state index is 12.7. The Labute approximate surface area is 149 Å². The van der Waals surface area contributed by atoms with Crippen LogP contribution in [0.25, 0.3) is 0 Å². The van der Waals surface area contributed by atoms with Crippen molar-refractivity contribution < 1.29 is 19.1 Å². The Morgan fingerprint density at radius 1 is 1.32 bits per heavy atom. The Morgan fingerprint density at radius 3 is 2.68 bits per heavy atom. The lowest BCUT2D eigenvalue weighted by molar-refractivity contribution is -0.120. The first-order valence-electron chi connectivity index (χ1n) is 8.64. The monoisotopic (exact) mass is 348 g/mol. The number of rotatable bonds is 4. The Kier molecular flexibility index (Phi) is 6.06. The molecule has 0 radical (unpaired) electrons. The Bertz CT molecular complexity index is 624. The van der Waals surface area contributed by atoms with Crippen LogP contribution >= 0.6 is 0 Å². The van der Waals surface area contributed by atoms with E-state index in [0.717, 1.165) is 12.0 Å². The van der Waals surface area contributed by atoms with Crippen LogP contribution in [0.15, 0.2) is 24.3 Å². The Hall–Kier alpha value is -2.08. The van der Waals surface area contributed by atoms with Crippen LogP contribution in [0.5, 0.6) is 0 Å². The highest BCUT2D eigenvalue weighted by Crippen LogP contribution is 2.24. The fourth-order valence-electron chi connectivity index (χ4n) is 2.81. The van der Waals surface area contributed by atoms with Gasteiger partial charge < -0.3 is 14.8 Å². The maximum atomic E-state index is 12.7. The molecular weight excluding hydrogens is 320 g/mol. The van der Waals surface area contributed by atoms with E-state index < -0.39 is 17.7 Å². The SMILES string of the molecule is COC(C)c1cccc(NC(=O)[C@@H]2CCCN2C(=O)OC(C)(C)C)c1. The van der Waals surface area contributed by atoms with Crippen molar-refractivity contribution in [3.63, 3.8) is 0 Å². The van der Waals surface area contributed by atoms with Gasteiger partial charge in [-0.25, -0.2) is 4.79 Å². The van der Waals surface area contributed by atoms with Gasteiger partial charge in [0.2, 0.25) is 5.91 Å². The van der Waals surface area contributed by atoms with E-state index in [1.165, 1.54) is 4.90 Å². The van der Waals surface area contributed by atoms with Gasteiger partial charge in [0.05, 0.1) is 6.10 Å². The number of amides is 2. The van der Waals surface area contributed by atoms with Gasteiger partial charge in [-0.2, -0.15) is 0 Å². The van der Waals surface area contributed by atoms with Crippen molar-refractivity contribution in [3.05, 3.63) is 29.8 Å². The molecule has 25 heavy (non-hydrogen) atoms. The average molecular weight is 348 g/mol. The standard InChI is InChI=1S/C19H28N2O4/c1-13(24-5)14-8-6-9-15(12-14)20-17(22)16-10-7-11-21(16)18(23)25-19(2,3)4/h6,8-9,12-13,16H,7,10-11H2,1-5H3,(H,20,22)/t13?,16-/m0/s1. The van der Waals surface area contributed by atoms with E-state index in [9.17, 15) is 9.59 Å². The summed E-state index contributed by atoms with van der Waals surface area (Å²) in [4.78, 5) is 26.5. The van der Waals surface area contributed by atoms with Crippen molar-refractivity contribution in [1.82, 2.24) is 4.90 Å². The molecule has 0 aliphatic carbocycles. The first-order chi connectivity index (χ1) is 11.7. The molecule has 1 aliphatic rings. The predicted molar refractivity (Wildman–Crippen MR) is 96.5 cm³/mol. The van der Waals surface area contributed by atoms with Gasteiger partial charge in [0.25, 0.3) is 0 Å². The van der Waals surface area contributed by atoms with Gasteiger partial charge in [0.1, 0.15) is 11.6 Å². The van der Waals surface area contributed by atoms with E-state index >= 15 is 0 Å². The zero-order chi connectivity index (χ0) is 18.6. The highest BCUT2D eigenvalue weighted by Gasteiger charge is 2.36. The molecule has 1 unspecified atom stereocenters. The highest BCUT2D eigenvalue weighted by molar-refractivity contribution is 5.96. The number of benzene rings is 1. The molecule has 1 heterocycles.